The Bertz CT molecular complexity index is 955. The lowest BCUT2D eigenvalue weighted by molar-refractivity contribution is 0.0339. The Morgan fingerprint density at radius 3 is 2.84 bits per heavy atom. The van der Waals surface area contributed by atoms with Crippen LogP contribution in [0, 0.1) is 11.2 Å². The smallest absolute Gasteiger partial charge is 0.338 e. The Balaban J connectivity index is 1.77. The third kappa shape index (κ3) is 6.16. The lowest BCUT2D eigenvalue weighted by Crippen LogP contribution is -2.28. The van der Waals surface area contributed by atoms with E-state index in [1.165, 1.54) is 18.2 Å². The van der Waals surface area contributed by atoms with Crippen molar-refractivity contribution >= 4 is 11.9 Å². The second kappa shape index (κ2) is 10.7. The molecule has 174 valence electrons. The van der Waals surface area contributed by atoms with Gasteiger partial charge in [-0.2, -0.15) is 5.10 Å². The van der Waals surface area contributed by atoms with Crippen molar-refractivity contribution in [3.8, 4) is 0 Å². The summed E-state index contributed by atoms with van der Waals surface area (Å²) in [7, 11) is 0. The molecule has 1 aliphatic rings. The summed E-state index contributed by atoms with van der Waals surface area (Å²) in [4.78, 5) is 25.2. The number of nitrogens with one attached hydrogen (secondary N) is 1. The molecule has 3 rings (SSSR count). The Labute approximate surface area is 188 Å². The van der Waals surface area contributed by atoms with Crippen LogP contribution in [-0.2, 0) is 28.9 Å². The van der Waals surface area contributed by atoms with Crippen molar-refractivity contribution in [1.82, 2.24) is 15.1 Å². The van der Waals surface area contributed by atoms with Crippen LogP contribution in [0.25, 0.3) is 0 Å². The fourth-order valence-electron chi connectivity index (χ4n) is 3.81. The summed E-state index contributed by atoms with van der Waals surface area (Å²) in [6, 6.07) is 5.45. The fourth-order valence-corrected chi connectivity index (χ4v) is 3.81. The summed E-state index contributed by atoms with van der Waals surface area (Å²) in [5.41, 5.74) is 2.13. The molecule has 2 aromatic rings. The van der Waals surface area contributed by atoms with E-state index in [0.717, 1.165) is 30.2 Å². The average molecular weight is 446 g/mol. The first-order valence-corrected chi connectivity index (χ1v) is 11.2. The number of hydrogen-bond acceptors (Lipinski definition) is 5. The molecular weight excluding hydrogens is 413 g/mol. The number of halogens is 1. The van der Waals surface area contributed by atoms with Gasteiger partial charge in [0.15, 0.2) is 0 Å². The maximum Gasteiger partial charge on any atom is 0.338 e. The molecule has 8 heteroatoms. The number of carbonyl (C=O) groups is 2. The molecule has 32 heavy (non-hydrogen) atoms. The highest BCUT2D eigenvalue weighted by atomic mass is 19.1. The summed E-state index contributed by atoms with van der Waals surface area (Å²) in [6.07, 6.45) is 2.81. The van der Waals surface area contributed by atoms with Gasteiger partial charge < -0.3 is 14.8 Å². The van der Waals surface area contributed by atoms with Crippen LogP contribution in [-0.4, -0.2) is 48.0 Å². The normalized spacial score (nSPS) is 15.4. The molecule has 0 saturated carbocycles. The van der Waals surface area contributed by atoms with E-state index in [0.29, 0.717) is 44.8 Å². The number of esters is 1. The molecule has 1 aromatic carbocycles. The van der Waals surface area contributed by atoms with Gasteiger partial charge in [-0.3, -0.25) is 9.48 Å². The van der Waals surface area contributed by atoms with Crippen LogP contribution >= 0.6 is 0 Å². The molecular formula is C24H32FN3O4. The van der Waals surface area contributed by atoms with E-state index < -0.39 is 17.2 Å². The van der Waals surface area contributed by atoms with Crippen LogP contribution in [0.2, 0.25) is 0 Å². The molecule has 0 saturated heterocycles. The topological polar surface area (TPSA) is 82.5 Å². The number of amides is 1. The number of benzene rings is 1. The van der Waals surface area contributed by atoms with Gasteiger partial charge in [0.25, 0.3) is 5.91 Å². The number of ether oxygens (including phenoxy) is 2. The molecule has 1 aromatic heterocycles. The van der Waals surface area contributed by atoms with Crippen molar-refractivity contribution in [3.63, 3.8) is 0 Å². The zero-order valence-corrected chi connectivity index (χ0v) is 19.1. The standard InChI is InChI=1S/C24H32FN3O4/c1-4-28-21-19(10-6-12-31-13-7-11-26-22(21)29)20(27-28)15-24(2,3)16-32-23(30)17-8-5-9-18(25)14-17/h5,8-9,14H,4,6-7,10-13,15-16H2,1-3H3,(H,26,29). The van der Waals surface area contributed by atoms with Crippen molar-refractivity contribution in [2.24, 2.45) is 5.41 Å². The first-order valence-electron chi connectivity index (χ1n) is 11.2. The van der Waals surface area contributed by atoms with Crippen LogP contribution in [0.4, 0.5) is 4.39 Å². The van der Waals surface area contributed by atoms with Gasteiger partial charge in [0, 0.05) is 43.7 Å². The van der Waals surface area contributed by atoms with Gasteiger partial charge >= 0.3 is 5.97 Å². The first-order chi connectivity index (χ1) is 15.3. The molecule has 0 aliphatic carbocycles. The van der Waals surface area contributed by atoms with Crippen LogP contribution < -0.4 is 5.32 Å². The second-order valence-corrected chi connectivity index (χ2v) is 8.84. The number of fused-ring (bicyclic) bond motifs is 1. The van der Waals surface area contributed by atoms with Gasteiger partial charge in [-0.1, -0.05) is 19.9 Å². The van der Waals surface area contributed by atoms with E-state index in [1.54, 1.807) is 4.68 Å². The van der Waals surface area contributed by atoms with Crippen molar-refractivity contribution < 1.29 is 23.5 Å². The van der Waals surface area contributed by atoms with Crippen LogP contribution in [0.1, 0.15) is 65.7 Å². The minimum atomic E-state index is -0.563. The van der Waals surface area contributed by atoms with Crippen LogP contribution in [0.3, 0.4) is 0 Å². The van der Waals surface area contributed by atoms with Crippen molar-refractivity contribution in [3.05, 3.63) is 52.6 Å². The van der Waals surface area contributed by atoms with Gasteiger partial charge in [-0.05, 0) is 44.4 Å². The summed E-state index contributed by atoms with van der Waals surface area (Å²) in [5.74, 6) is -1.16. The summed E-state index contributed by atoms with van der Waals surface area (Å²) in [6.45, 7) is 8.49. The van der Waals surface area contributed by atoms with Crippen molar-refractivity contribution in [2.75, 3.05) is 26.4 Å². The number of rotatable bonds is 6. The van der Waals surface area contributed by atoms with Gasteiger partial charge in [0.2, 0.25) is 0 Å². The summed E-state index contributed by atoms with van der Waals surface area (Å²) in [5, 5.41) is 7.71. The Morgan fingerprint density at radius 2 is 2.09 bits per heavy atom. The summed E-state index contributed by atoms with van der Waals surface area (Å²) >= 11 is 0. The number of carbonyl (C=O) groups excluding carboxylic acids is 2. The second-order valence-electron chi connectivity index (χ2n) is 8.84. The highest BCUT2D eigenvalue weighted by Gasteiger charge is 2.29. The largest absolute Gasteiger partial charge is 0.462 e. The Kier molecular flexibility index (Phi) is 8.01. The van der Waals surface area contributed by atoms with E-state index in [-0.39, 0.29) is 18.1 Å². The zero-order chi connectivity index (χ0) is 23.1. The SMILES string of the molecule is CCn1nc(CC(C)(C)COC(=O)c2cccc(F)c2)c2c1C(=O)NCCCOCCC2. The third-order valence-electron chi connectivity index (χ3n) is 5.42. The molecule has 0 unspecified atom stereocenters. The van der Waals surface area contributed by atoms with E-state index in [1.807, 2.05) is 20.8 Å². The molecule has 1 amide bonds. The van der Waals surface area contributed by atoms with E-state index >= 15 is 0 Å². The lowest BCUT2D eigenvalue weighted by Gasteiger charge is -2.24. The first kappa shape index (κ1) is 23.9. The minimum Gasteiger partial charge on any atom is -0.462 e. The number of nitrogens with zero attached hydrogens (tertiary/aromatic N) is 2. The molecule has 1 N–H and O–H groups in total. The predicted octanol–water partition coefficient (Wildman–Crippen LogP) is 3.55. The average Bonchev–Trinajstić information content (AvgIpc) is 3.08. The van der Waals surface area contributed by atoms with Crippen molar-refractivity contribution in [2.45, 2.75) is 53.0 Å². The molecule has 2 heterocycles. The number of hydrogen-bond donors (Lipinski definition) is 1. The van der Waals surface area contributed by atoms with E-state index in [2.05, 4.69) is 5.32 Å². The molecule has 1 aliphatic heterocycles. The van der Waals surface area contributed by atoms with E-state index in [9.17, 15) is 14.0 Å². The Hall–Kier alpha value is -2.74. The fraction of sp³-hybridized carbons (Fsp3) is 0.542. The van der Waals surface area contributed by atoms with E-state index in [4.69, 9.17) is 14.6 Å². The minimum absolute atomic E-state index is 0.113. The van der Waals surface area contributed by atoms with Gasteiger partial charge in [-0.25, -0.2) is 9.18 Å². The molecule has 7 nitrogen and oxygen atoms in total. The third-order valence-corrected chi connectivity index (χ3v) is 5.42. The van der Waals surface area contributed by atoms with Gasteiger partial charge in [0.05, 0.1) is 17.9 Å². The maximum atomic E-state index is 13.4. The highest BCUT2D eigenvalue weighted by molar-refractivity contribution is 5.94. The highest BCUT2D eigenvalue weighted by Crippen LogP contribution is 2.27. The summed E-state index contributed by atoms with van der Waals surface area (Å²) < 4.78 is 26.3. The molecule has 0 fully saturated rings. The quantitative estimate of drug-likeness (QED) is 0.688. The molecule has 0 atom stereocenters. The lowest BCUT2D eigenvalue weighted by atomic mass is 9.86. The van der Waals surface area contributed by atoms with Crippen LogP contribution in [0.15, 0.2) is 24.3 Å². The molecule has 0 bridgehead atoms. The zero-order valence-electron chi connectivity index (χ0n) is 19.1. The Morgan fingerprint density at radius 1 is 1.31 bits per heavy atom. The molecule has 0 spiro atoms. The number of aromatic nitrogens is 2. The van der Waals surface area contributed by atoms with Gasteiger partial charge in [0.1, 0.15) is 11.5 Å². The molecule has 0 radical (unpaired) electrons. The maximum absolute atomic E-state index is 13.4. The predicted molar refractivity (Wildman–Crippen MR) is 118 cm³/mol. The number of aryl methyl sites for hydroxylation is 1. The van der Waals surface area contributed by atoms with Crippen LogP contribution in [0.5, 0.6) is 0 Å². The van der Waals surface area contributed by atoms with Crippen molar-refractivity contribution in [1.29, 1.82) is 0 Å². The monoisotopic (exact) mass is 445 g/mol. The van der Waals surface area contributed by atoms with Gasteiger partial charge in [-0.15, -0.1) is 0 Å².